The number of rotatable bonds is 1. The summed E-state index contributed by atoms with van der Waals surface area (Å²) in [6.45, 7) is 1.44. The maximum atomic E-state index is 10.7. The first-order valence-corrected chi connectivity index (χ1v) is 5.22. The normalized spacial score (nSPS) is 15.3. The second-order valence-electron chi connectivity index (χ2n) is 3.68. The van der Waals surface area contributed by atoms with Gasteiger partial charge in [-0.1, -0.05) is 15.9 Å². The van der Waals surface area contributed by atoms with Gasteiger partial charge in [-0.25, -0.2) is 0 Å². The molecule has 0 bridgehead atoms. The first-order valence-electron chi connectivity index (χ1n) is 4.43. The molecule has 0 aromatic heterocycles. The van der Waals surface area contributed by atoms with Gasteiger partial charge in [-0.15, -0.1) is 0 Å². The minimum Gasteiger partial charge on any atom is -0.393 e. The lowest BCUT2D eigenvalue weighted by Crippen LogP contribution is -2.08. The van der Waals surface area contributed by atoms with Crippen molar-refractivity contribution in [3.63, 3.8) is 0 Å². The minimum atomic E-state index is -0.446. The van der Waals surface area contributed by atoms with E-state index in [0.29, 0.717) is 12.2 Å². The highest BCUT2D eigenvalue weighted by molar-refractivity contribution is 9.10. The van der Waals surface area contributed by atoms with Crippen LogP contribution in [0.4, 0.5) is 11.4 Å². The number of fused-ring (bicyclic) bond motifs is 1. The number of hydrogen-bond acceptors (Lipinski definition) is 4. The van der Waals surface area contributed by atoms with E-state index in [2.05, 4.69) is 20.8 Å². The Morgan fingerprint density at radius 3 is 2.73 bits per heavy atom. The van der Waals surface area contributed by atoms with Crippen molar-refractivity contribution >= 4 is 27.3 Å². The number of anilines is 1. The Morgan fingerprint density at radius 1 is 1.53 bits per heavy atom. The molecular formula is C9H10BrN3O2. The lowest BCUT2D eigenvalue weighted by Gasteiger charge is -2.05. The van der Waals surface area contributed by atoms with E-state index < -0.39 is 4.92 Å². The molecule has 6 heteroatoms. The molecule has 1 aliphatic heterocycles. The van der Waals surface area contributed by atoms with Crippen LogP contribution in [0.2, 0.25) is 0 Å². The second-order valence-corrected chi connectivity index (χ2v) is 4.53. The number of nitrogens with zero attached hydrogens (tertiary/aromatic N) is 2. The fourth-order valence-electron chi connectivity index (χ4n) is 1.84. The summed E-state index contributed by atoms with van der Waals surface area (Å²) in [5.74, 6) is 0. The molecule has 1 aromatic rings. The van der Waals surface area contributed by atoms with Crippen molar-refractivity contribution in [1.82, 2.24) is 4.90 Å². The summed E-state index contributed by atoms with van der Waals surface area (Å²) < 4.78 is 0.766. The number of hydrogen-bond donors (Lipinski definition) is 1. The largest absolute Gasteiger partial charge is 0.393 e. The van der Waals surface area contributed by atoms with Crippen LogP contribution >= 0.6 is 15.9 Å². The SMILES string of the molecule is CN1Cc2c(Br)cc([N+](=O)[O-])c(N)c2C1. The first-order chi connectivity index (χ1) is 7.00. The Labute approximate surface area is 95.1 Å². The van der Waals surface area contributed by atoms with Gasteiger partial charge in [-0.2, -0.15) is 0 Å². The second kappa shape index (κ2) is 3.46. The van der Waals surface area contributed by atoms with E-state index in [1.165, 1.54) is 6.07 Å². The molecule has 0 fully saturated rings. The molecule has 0 saturated heterocycles. The smallest absolute Gasteiger partial charge is 0.293 e. The Kier molecular flexibility index (Phi) is 2.40. The van der Waals surface area contributed by atoms with Crippen LogP contribution in [0.1, 0.15) is 11.1 Å². The van der Waals surface area contributed by atoms with Crippen LogP contribution in [0.3, 0.4) is 0 Å². The topological polar surface area (TPSA) is 72.4 Å². The molecule has 0 spiro atoms. The van der Waals surface area contributed by atoms with Crippen LogP contribution in [-0.4, -0.2) is 16.9 Å². The number of nitro benzene ring substituents is 1. The van der Waals surface area contributed by atoms with Crippen molar-refractivity contribution < 1.29 is 4.92 Å². The molecule has 1 aromatic carbocycles. The van der Waals surface area contributed by atoms with Crippen LogP contribution in [-0.2, 0) is 13.1 Å². The predicted molar refractivity (Wildman–Crippen MR) is 60.4 cm³/mol. The summed E-state index contributed by atoms with van der Waals surface area (Å²) in [6.07, 6.45) is 0. The molecule has 5 nitrogen and oxygen atoms in total. The van der Waals surface area contributed by atoms with Crippen LogP contribution < -0.4 is 5.73 Å². The Bertz CT molecular complexity index is 447. The van der Waals surface area contributed by atoms with Gasteiger partial charge in [0, 0.05) is 29.2 Å². The molecule has 0 aliphatic carbocycles. The molecule has 15 heavy (non-hydrogen) atoms. The van der Waals surface area contributed by atoms with Crippen molar-refractivity contribution in [2.75, 3.05) is 12.8 Å². The highest BCUT2D eigenvalue weighted by atomic mass is 79.9. The molecule has 2 rings (SSSR count). The summed E-state index contributed by atoms with van der Waals surface area (Å²) in [7, 11) is 1.96. The van der Waals surface area contributed by atoms with Crippen LogP contribution in [0, 0.1) is 10.1 Å². The van der Waals surface area contributed by atoms with E-state index >= 15 is 0 Å². The lowest BCUT2D eigenvalue weighted by atomic mass is 10.1. The quantitative estimate of drug-likeness (QED) is 0.481. The average molecular weight is 272 g/mol. The van der Waals surface area contributed by atoms with Gasteiger partial charge in [-0.05, 0) is 12.6 Å². The Balaban J connectivity index is 2.63. The van der Waals surface area contributed by atoms with Gasteiger partial charge >= 0.3 is 0 Å². The Morgan fingerprint density at radius 2 is 2.13 bits per heavy atom. The summed E-state index contributed by atoms with van der Waals surface area (Å²) in [4.78, 5) is 12.4. The summed E-state index contributed by atoms with van der Waals surface area (Å²) in [5.41, 5.74) is 7.98. The molecule has 0 atom stereocenters. The lowest BCUT2D eigenvalue weighted by molar-refractivity contribution is -0.384. The molecular weight excluding hydrogens is 262 g/mol. The summed E-state index contributed by atoms with van der Waals surface area (Å²) >= 11 is 3.34. The van der Waals surface area contributed by atoms with Gasteiger partial charge in [0.1, 0.15) is 5.69 Å². The standard InChI is InChI=1S/C9H10BrN3O2/c1-12-3-5-6(4-12)9(11)8(13(14)15)2-7(5)10/h2H,3-4,11H2,1H3. The third-order valence-corrected chi connectivity index (χ3v) is 3.28. The zero-order valence-electron chi connectivity index (χ0n) is 8.16. The Hall–Kier alpha value is -1.14. The third kappa shape index (κ3) is 1.59. The van der Waals surface area contributed by atoms with Crippen LogP contribution in [0.15, 0.2) is 10.5 Å². The van der Waals surface area contributed by atoms with Crippen molar-refractivity contribution in [2.45, 2.75) is 13.1 Å². The number of nitro groups is 1. The van der Waals surface area contributed by atoms with Gasteiger partial charge in [-0.3, -0.25) is 15.0 Å². The van der Waals surface area contributed by atoms with Crippen molar-refractivity contribution in [2.24, 2.45) is 0 Å². The fourth-order valence-corrected chi connectivity index (χ4v) is 2.43. The number of nitrogens with two attached hydrogens (primary N) is 1. The van der Waals surface area contributed by atoms with Crippen molar-refractivity contribution in [3.05, 3.63) is 31.8 Å². The molecule has 0 radical (unpaired) electrons. The first kappa shape index (κ1) is 10.4. The van der Waals surface area contributed by atoms with Gasteiger partial charge < -0.3 is 5.73 Å². The predicted octanol–water partition coefficient (Wildman–Crippen LogP) is 1.88. The highest BCUT2D eigenvalue weighted by Gasteiger charge is 2.26. The van der Waals surface area contributed by atoms with E-state index in [0.717, 1.165) is 22.1 Å². The number of nitrogen functional groups attached to an aromatic ring is 1. The molecule has 80 valence electrons. The minimum absolute atomic E-state index is 0.0177. The van der Waals surface area contributed by atoms with Gasteiger partial charge in [0.25, 0.3) is 5.69 Å². The van der Waals surface area contributed by atoms with E-state index in [1.54, 1.807) is 0 Å². The van der Waals surface area contributed by atoms with E-state index in [1.807, 2.05) is 7.05 Å². The molecule has 1 heterocycles. The van der Waals surface area contributed by atoms with Gasteiger partial charge in [0.05, 0.1) is 4.92 Å². The van der Waals surface area contributed by atoms with Crippen molar-refractivity contribution in [3.8, 4) is 0 Å². The molecule has 0 amide bonds. The molecule has 0 saturated carbocycles. The zero-order chi connectivity index (χ0) is 11.2. The monoisotopic (exact) mass is 271 g/mol. The molecule has 1 aliphatic rings. The third-order valence-electron chi connectivity index (χ3n) is 2.57. The van der Waals surface area contributed by atoms with Gasteiger partial charge in [0.2, 0.25) is 0 Å². The maximum absolute atomic E-state index is 10.7. The summed E-state index contributed by atoms with van der Waals surface area (Å²) in [6, 6.07) is 1.48. The van der Waals surface area contributed by atoms with E-state index in [4.69, 9.17) is 5.73 Å². The van der Waals surface area contributed by atoms with Crippen molar-refractivity contribution in [1.29, 1.82) is 0 Å². The van der Waals surface area contributed by atoms with Gasteiger partial charge in [0.15, 0.2) is 0 Å². The molecule has 2 N–H and O–H groups in total. The average Bonchev–Trinajstić information content (AvgIpc) is 2.53. The maximum Gasteiger partial charge on any atom is 0.293 e. The highest BCUT2D eigenvalue weighted by Crippen LogP contribution is 2.38. The van der Waals surface area contributed by atoms with E-state index in [9.17, 15) is 10.1 Å². The number of benzene rings is 1. The molecule has 0 unspecified atom stereocenters. The zero-order valence-corrected chi connectivity index (χ0v) is 9.74. The van der Waals surface area contributed by atoms with E-state index in [-0.39, 0.29) is 5.69 Å². The summed E-state index contributed by atoms with van der Waals surface area (Å²) in [5, 5.41) is 10.7. The fraction of sp³-hybridized carbons (Fsp3) is 0.333. The number of halogens is 1. The van der Waals surface area contributed by atoms with Crippen LogP contribution in [0.5, 0.6) is 0 Å². The van der Waals surface area contributed by atoms with Crippen LogP contribution in [0.25, 0.3) is 0 Å².